The van der Waals surface area contributed by atoms with Crippen molar-refractivity contribution in [1.29, 1.82) is 0 Å². The van der Waals surface area contributed by atoms with Gasteiger partial charge in [-0.1, -0.05) is 31.4 Å². The highest BCUT2D eigenvalue weighted by Gasteiger charge is 2.22. The summed E-state index contributed by atoms with van der Waals surface area (Å²) in [6, 6.07) is 15.7. The number of para-hydroxylation sites is 1. The number of halogens is 1. The van der Waals surface area contributed by atoms with E-state index in [1.807, 2.05) is 30.3 Å². The van der Waals surface area contributed by atoms with Gasteiger partial charge in [0.05, 0.1) is 25.6 Å². The van der Waals surface area contributed by atoms with Crippen molar-refractivity contribution in [3.8, 4) is 11.6 Å². The molecule has 2 heterocycles. The van der Waals surface area contributed by atoms with Gasteiger partial charge < -0.3 is 4.74 Å². The Bertz CT molecular complexity index is 1510. The monoisotopic (exact) mass is 595 g/mol. The third-order valence-electron chi connectivity index (χ3n) is 6.17. The molecular weight excluding hydrogens is 573 g/mol. The number of ether oxygens (including phenoxy) is 1. The first-order valence-corrected chi connectivity index (χ1v) is 12.7. The lowest BCUT2D eigenvalue weighted by atomic mass is 9.88. The number of hydrogen-bond acceptors (Lipinski definition) is 7. The van der Waals surface area contributed by atoms with Gasteiger partial charge >= 0.3 is 0 Å². The summed E-state index contributed by atoms with van der Waals surface area (Å²) in [5.74, 6) is 1.74. The van der Waals surface area contributed by atoms with Crippen LogP contribution in [0, 0.1) is 13.7 Å². The average molecular weight is 595 g/mol. The average Bonchev–Trinajstić information content (AvgIpc) is 2.90. The molecule has 0 spiro atoms. The summed E-state index contributed by atoms with van der Waals surface area (Å²) in [4.78, 5) is 32.5. The van der Waals surface area contributed by atoms with Crippen molar-refractivity contribution in [2.75, 3.05) is 0 Å². The Labute approximate surface area is 220 Å². The van der Waals surface area contributed by atoms with E-state index in [0.29, 0.717) is 22.5 Å². The molecule has 1 fully saturated rings. The SMILES string of the molecule is O=c1c2ccccc2nc(C2CCCCC2)n1N=Cc1ccc(Oc2ccc([N+](=O)[O-])cn2)c(I)c1. The van der Waals surface area contributed by atoms with Crippen LogP contribution in [0.25, 0.3) is 10.9 Å². The molecule has 0 radical (unpaired) electrons. The maximum absolute atomic E-state index is 13.3. The number of nitrogens with zero attached hydrogens (tertiary/aromatic N) is 5. The molecule has 182 valence electrons. The smallest absolute Gasteiger partial charge is 0.287 e. The summed E-state index contributed by atoms with van der Waals surface area (Å²) in [6.07, 6.45) is 8.27. The van der Waals surface area contributed by atoms with E-state index in [1.165, 1.54) is 23.2 Å². The molecule has 2 aromatic heterocycles. The van der Waals surface area contributed by atoms with Crippen LogP contribution in [0.5, 0.6) is 11.6 Å². The van der Waals surface area contributed by atoms with E-state index in [9.17, 15) is 14.9 Å². The lowest BCUT2D eigenvalue weighted by molar-refractivity contribution is -0.385. The zero-order chi connectivity index (χ0) is 25.1. The van der Waals surface area contributed by atoms with Crippen molar-refractivity contribution in [3.63, 3.8) is 0 Å². The van der Waals surface area contributed by atoms with Crippen LogP contribution < -0.4 is 10.3 Å². The minimum Gasteiger partial charge on any atom is -0.438 e. The quantitative estimate of drug-likeness (QED) is 0.117. The number of hydrogen-bond donors (Lipinski definition) is 0. The highest BCUT2D eigenvalue weighted by atomic mass is 127. The minimum absolute atomic E-state index is 0.102. The Kier molecular flexibility index (Phi) is 7.03. The van der Waals surface area contributed by atoms with Crippen molar-refractivity contribution in [1.82, 2.24) is 14.6 Å². The Morgan fingerprint density at radius 2 is 1.92 bits per heavy atom. The van der Waals surface area contributed by atoms with Gasteiger partial charge in [-0.25, -0.2) is 9.97 Å². The molecule has 0 amide bonds. The summed E-state index contributed by atoms with van der Waals surface area (Å²) in [5.41, 5.74) is 1.22. The van der Waals surface area contributed by atoms with E-state index >= 15 is 0 Å². The van der Waals surface area contributed by atoms with Gasteiger partial charge in [-0.3, -0.25) is 14.9 Å². The van der Waals surface area contributed by atoms with E-state index in [-0.39, 0.29) is 23.0 Å². The van der Waals surface area contributed by atoms with Crippen LogP contribution in [-0.4, -0.2) is 25.8 Å². The fourth-order valence-corrected chi connectivity index (χ4v) is 4.99. The van der Waals surface area contributed by atoms with E-state index in [1.54, 1.807) is 18.3 Å². The molecule has 1 aliphatic carbocycles. The summed E-state index contributed by atoms with van der Waals surface area (Å²) in [5, 5.41) is 15.9. The van der Waals surface area contributed by atoms with Gasteiger partial charge in [-0.2, -0.15) is 9.78 Å². The normalized spacial score (nSPS) is 14.4. The van der Waals surface area contributed by atoms with Gasteiger partial charge in [0.2, 0.25) is 5.88 Å². The molecule has 2 aromatic carbocycles. The highest BCUT2D eigenvalue weighted by Crippen LogP contribution is 2.32. The minimum atomic E-state index is -0.509. The third-order valence-corrected chi connectivity index (χ3v) is 7.02. The van der Waals surface area contributed by atoms with Gasteiger partial charge in [-0.05, 0) is 71.3 Å². The van der Waals surface area contributed by atoms with Gasteiger partial charge in [0.15, 0.2) is 0 Å². The number of rotatable bonds is 6. The van der Waals surface area contributed by atoms with Crippen LogP contribution in [0.1, 0.15) is 49.4 Å². The topological polar surface area (TPSA) is 113 Å². The predicted octanol–water partition coefficient (Wildman–Crippen LogP) is 6.03. The van der Waals surface area contributed by atoms with Gasteiger partial charge in [0.1, 0.15) is 17.8 Å². The van der Waals surface area contributed by atoms with Crippen molar-refractivity contribution >= 4 is 45.4 Å². The molecule has 0 saturated heterocycles. The van der Waals surface area contributed by atoms with Crippen LogP contribution in [0.4, 0.5) is 5.69 Å². The van der Waals surface area contributed by atoms with Crippen molar-refractivity contribution < 1.29 is 9.66 Å². The second-order valence-electron chi connectivity index (χ2n) is 8.59. The molecule has 0 unspecified atom stereocenters. The number of benzene rings is 2. The van der Waals surface area contributed by atoms with Crippen LogP contribution in [0.2, 0.25) is 0 Å². The van der Waals surface area contributed by atoms with Crippen LogP contribution >= 0.6 is 22.6 Å². The highest BCUT2D eigenvalue weighted by molar-refractivity contribution is 14.1. The Hall–Kier alpha value is -3.67. The first kappa shape index (κ1) is 24.0. The van der Waals surface area contributed by atoms with Gasteiger partial charge in [-0.15, -0.1) is 0 Å². The Balaban J connectivity index is 1.44. The van der Waals surface area contributed by atoms with E-state index in [0.717, 1.165) is 41.0 Å². The molecular formula is C26H22IN5O4. The standard InChI is InChI=1S/C26H22IN5O4/c27-21-14-17(10-12-23(21)36-24-13-11-19(16-28-24)32(34)35)15-29-31-25(18-6-2-1-3-7-18)30-22-9-5-4-8-20(22)26(31)33/h4-5,8-16,18H,1-3,6-7H2. The molecule has 4 aromatic rings. The van der Waals surface area contributed by atoms with Crippen LogP contribution in [0.3, 0.4) is 0 Å². The predicted molar refractivity (Wildman–Crippen MR) is 145 cm³/mol. The maximum atomic E-state index is 13.3. The first-order valence-electron chi connectivity index (χ1n) is 11.6. The molecule has 10 heteroatoms. The Morgan fingerprint density at radius 1 is 1.11 bits per heavy atom. The molecule has 0 bridgehead atoms. The second kappa shape index (κ2) is 10.5. The van der Waals surface area contributed by atoms with Crippen LogP contribution in [-0.2, 0) is 0 Å². The number of pyridine rings is 1. The summed E-state index contributed by atoms with van der Waals surface area (Å²) in [7, 11) is 0. The van der Waals surface area contributed by atoms with Crippen molar-refractivity contribution in [2.45, 2.75) is 38.0 Å². The van der Waals surface area contributed by atoms with E-state index in [2.05, 4.69) is 32.7 Å². The molecule has 36 heavy (non-hydrogen) atoms. The van der Waals surface area contributed by atoms with Crippen molar-refractivity contribution in [3.05, 3.63) is 96.2 Å². The second-order valence-corrected chi connectivity index (χ2v) is 9.75. The largest absolute Gasteiger partial charge is 0.438 e. The lowest BCUT2D eigenvalue weighted by Gasteiger charge is -2.22. The fourth-order valence-electron chi connectivity index (χ4n) is 4.34. The summed E-state index contributed by atoms with van der Waals surface area (Å²) < 4.78 is 8.03. The van der Waals surface area contributed by atoms with E-state index < -0.39 is 4.92 Å². The lowest BCUT2D eigenvalue weighted by Crippen LogP contribution is -2.25. The number of nitro groups is 1. The fraction of sp³-hybridized carbons (Fsp3) is 0.231. The third kappa shape index (κ3) is 5.13. The Morgan fingerprint density at radius 3 is 2.64 bits per heavy atom. The van der Waals surface area contributed by atoms with Gasteiger partial charge in [0.25, 0.3) is 11.2 Å². The van der Waals surface area contributed by atoms with E-state index in [4.69, 9.17) is 9.72 Å². The van der Waals surface area contributed by atoms with Crippen molar-refractivity contribution in [2.24, 2.45) is 5.10 Å². The summed E-state index contributed by atoms with van der Waals surface area (Å²) >= 11 is 2.14. The molecule has 0 atom stereocenters. The zero-order valence-electron chi connectivity index (χ0n) is 19.2. The first-order chi connectivity index (χ1) is 17.5. The molecule has 0 N–H and O–H groups in total. The molecule has 0 aliphatic heterocycles. The number of fused-ring (bicyclic) bond motifs is 1. The molecule has 1 saturated carbocycles. The molecule has 5 rings (SSSR count). The molecule has 9 nitrogen and oxygen atoms in total. The zero-order valence-corrected chi connectivity index (χ0v) is 21.4. The maximum Gasteiger partial charge on any atom is 0.287 e. The summed E-state index contributed by atoms with van der Waals surface area (Å²) in [6.45, 7) is 0. The van der Waals surface area contributed by atoms with Crippen LogP contribution in [0.15, 0.2) is 70.7 Å². The van der Waals surface area contributed by atoms with Gasteiger partial charge in [0, 0.05) is 18.1 Å². The molecule has 1 aliphatic rings. The number of aromatic nitrogens is 3.